The summed E-state index contributed by atoms with van der Waals surface area (Å²) in [5, 5.41) is 8.55. The van der Waals surface area contributed by atoms with Crippen LogP contribution in [0.5, 0.6) is 0 Å². The third kappa shape index (κ3) is 4.33. The second-order valence-corrected chi connectivity index (χ2v) is 11.6. The quantitative estimate of drug-likeness (QED) is 0.193. The molecule has 46 heavy (non-hydrogen) atoms. The van der Waals surface area contributed by atoms with E-state index in [-0.39, 0.29) is 0 Å². The zero-order valence-electron chi connectivity index (χ0n) is 24.9. The first-order valence-electron chi connectivity index (χ1n) is 15.5. The molecule has 0 aliphatic rings. The minimum Gasteiger partial charge on any atom is -0.247 e. The molecular formula is C43H27N3. The van der Waals surface area contributed by atoms with Gasteiger partial charge in [0.2, 0.25) is 0 Å². The van der Waals surface area contributed by atoms with Crippen LogP contribution in [-0.4, -0.2) is 15.0 Å². The molecule has 2 heterocycles. The van der Waals surface area contributed by atoms with Crippen molar-refractivity contribution in [3.63, 3.8) is 0 Å². The molecule has 9 rings (SSSR count). The van der Waals surface area contributed by atoms with Crippen molar-refractivity contribution in [2.24, 2.45) is 0 Å². The minimum absolute atomic E-state index is 0.710. The van der Waals surface area contributed by atoms with E-state index in [1.54, 1.807) is 0 Å². The van der Waals surface area contributed by atoms with Crippen molar-refractivity contribution < 1.29 is 0 Å². The average Bonchev–Trinajstić information content (AvgIpc) is 3.15. The number of rotatable bonds is 4. The van der Waals surface area contributed by atoms with E-state index in [9.17, 15) is 0 Å². The summed E-state index contributed by atoms with van der Waals surface area (Å²) < 4.78 is 0. The Kier molecular flexibility index (Phi) is 6.14. The van der Waals surface area contributed by atoms with Crippen LogP contribution in [0.4, 0.5) is 0 Å². The molecule has 0 unspecified atom stereocenters. The average molecular weight is 586 g/mol. The van der Waals surface area contributed by atoms with Gasteiger partial charge in [-0.25, -0.2) is 15.0 Å². The molecule has 0 fully saturated rings. The zero-order valence-corrected chi connectivity index (χ0v) is 24.9. The zero-order chi connectivity index (χ0) is 30.5. The summed E-state index contributed by atoms with van der Waals surface area (Å²) >= 11 is 0. The highest BCUT2D eigenvalue weighted by Gasteiger charge is 2.18. The molecule has 0 bridgehead atoms. The lowest BCUT2D eigenvalue weighted by Gasteiger charge is -2.16. The van der Waals surface area contributed by atoms with Crippen LogP contribution < -0.4 is 0 Å². The lowest BCUT2D eigenvalue weighted by atomic mass is 9.90. The first kappa shape index (κ1) is 26.2. The van der Waals surface area contributed by atoms with E-state index >= 15 is 0 Å². The monoisotopic (exact) mass is 585 g/mol. The number of pyridine rings is 1. The molecule has 0 aliphatic carbocycles. The molecule has 0 radical (unpaired) electrons. The molecular weight excluding hydrogens is 558 g/mol. The molecule has 0 amide bonds. The lowest BCUT2D eigenvalue weighted by Crippen LogP contribution is -1.96. The van der Waals surface area contributed by atoms with Crippen molar-refractivity contribution in [2.45, 2.75) is 0 Å². The van der Waals surface area contributed by atoms with Crippen molar-refractivity contribution in [2.75, 3.05) is 0 Å². The number of hydrogen-bond acceptors (Lipinski definition) is 3. The Morgan fingerprint density at radius 2 is 0.761 bits per heavy atom. The number of nitrogens with zero attached hydrogens (tertiary/aromatic N) is 3. The van der Waals surface area contributed by atoms with Gasteiger partial charge in [-0.05, 0) is 33.7 Å². The third-order valence-corrected chi connectivity index (χ3v) is 8.86. The summed E-state index contributed by atoms with van der Waals surface area (Å²) in [6.07, 6.45) is 0. The molecule has 0 atom stereocenters. The van der Waals surface area contributed by atoms with Crippen LogP contribution in [0.2, 0.25) is 0 Å². The summed E-state index contributed by atoms with van der Waals surface area (Å²) in [5.41, 5.74) is 7.91. The van der Waals surface area contributed by atoms with Gasteiger partial charge in [-0.2, -0.15) is 0 Å². The van der Waals surface area contributed by atoms with E-state index < -0.39 is 0 Å². The fourth-order valence-electron chi connectivity index (χ4n) is 6.70. The fraction of sp³-hybridized carbons (Fsp3) is 0. The van der Waals surface area contributed by atoms with E-state index in [0.717, 1.165) is 44.9 Å². The van der Waals surface area contributed by atoms with E-state index in [2.05, 4.69) is 127 Å². The molecule has 0 aliphatic heterocycles. The molecule has 3 heteroatoms. The van der Waals surface area contributed by atoms with Gasteiger partial charge in [0.1, 0.15) is 0 Å². The lowest BCUT2D eigenvalue weighted by molar-refractivity contribution is 1.18. The van der Waals surface area contributed by atoms with Crippen molar-refractivity contribution in [3.05, 3.63) is 164 Å². The van der Waals surface area contributed by atoms with Gasteiger partial charge in [0.05, 0.1) is 22.6 Å². The highest BCUT2D eigenvalue weighted by molar-refractivity contribution is 6.33. The predicted octanol–water partition coefficient (Wildman–Crippen LogP) is 11.2. The number of para-hydroxylation sites is 1. The Morgan fingerprint density at radius 3 is 1.39 bits per heavy atom. The molecule has 2 aromatic heterocycles. The van der Waals surface area contributed by atoms with Crippen molar-refractivity contribution in [1.29, 1.82) is 0 Å². The molecule has 7 aromatic carbocycles. The highest BCUT2D eigenvalue weighted by atomic mass is 14.9. The summed E-state index contributed by atoms with van der Waals surface area (Å²) in [4.78, 5) is 15.3. The van der Waals surface area contributed by atoms with E-state index in [1.165, 1.54) is 37.7 Å². The maximum atomic E-state index is 5.31. The van der Waals surface area contributed by atoms with Crippen LogP contribution in [0.25, 0.3) is 88.4 Å². The summed E-state index contributed by atoms with van der Waals surface area (Å²) in [5.74, 6) is 0.710. The number of benzene rings is 7. The smallest absolute Gasteiger partial charge is 0.160 e. The summed E-state index contributed by atoms with van der Waals surface area (Å²) in [6.45, 7) is 0. The van der Waals surface area contributed by atoms with Gasteiger partial charge >= 0.3 is 0 Å². The molecule has 9 aromatic rings. The highest BCUT2D eigenvalue weighted by Crippen LogP contribution is 2.42. The first-order chi connectivity index (χ1) is 22.8. The fourth-order valence-corrected chi connectivity index (χ4v) is 6.70. The van der Waals surface area contributed by atoms with Gasteiger partial charge in [0, 0.05) is 38.4 Å². The predicted molar refractivity (Wildman–Crippen MR) is 192 cm³/mol. The summed E-state index contributed by atoms with van der Waals surface area (Å²) in [6, 6.07) is 57.2. The first-order valence-corrected chi connectivity index (χ1v) is 15.5. The van der Waals surface area contributed by atoms with Crippen LogP contribution in [-0.2, 0) is 0 Å². The SMILES string of the molecule is c1ccc(-c2cc(-c3ccc(-c4nc5ccccc5c5c6ccccc6c6ccccc6c45)cc3)nc(-c3ccccc3)n2)cc1. The van der Waals surface area contributed by atoms with Crippen molar-refractivity contribution >= 4 is 43.2 Å². The molecule has 0 N–H and O–H groups in total. The van der Waals surface area contributed by atoms with Gasteiger partial charge in [0.15, 0.2) is 5.82 Å². The Hall–Kier alpha value is -6.19. The van der Waals surface area contributed by atoms with Crippen LogP contribution in [0.15, 0.2) is 164 Å². The molecule has 0 saturated carbocycles. The Morgan fingerprint density at radius 1 is 0.304 bits per heavy atom. The summed E-state index contributed by atoms with van der Waals surface area (Å²) in [7, 11) is 0. The second kappa shape index (κ2) is 10.8. The van der Waals surface area contributed by atoms with Crippen LogP contribution >= 0.6 is 0 Å². The normalized spacial score (nSPS) is 11.5. The van der Waals surface area contributed by atoms with Gasteiger partial charge in [0.25, 0.3) is 0 Å². The third-order valence-electron chi connectivity index (χ3n) is 8.86. The van der Waals surface area contributed by atoms with Crippen molar-refractivity contribution in [1.82, 2.24) is 15.0 Å². The topological polar surface area (TPSA) is 38.7 Å². The van der Waals surface area contributed by atoms with Gasteiger partial charge in [-0.1, -0.05) is 152 Å². The van der Waals surface area contributed by atoms with Crippen LogP contribution in [0.1, 0.15) is 0 Å². The number of aromatic nitrogens is 3. The van der Waals surface area contributed by atoms with Gasteiger partial charge < -0.3 is 0 Å². The maximum absolute atomic E-state index is 5.31. The molecule has 0 spiro atoms. The number of hydrogen-bond donors (Lipinski definition) is 0. The minimum atomic E-state index is 0.710. The Balaban J connectivity index is 1.26. The van der Waals surface area contributed by atoms with Crippen LogP contribution in [0, 0.1) is 0 Å². The van der Waals surface area contributed by atoms with Crippen molar-refractivity contribution in [3.8, 4) is 45.2 Å². The number of fused-ring (bicyclic) bond motifs is 8. The molecule has 214 valence electrons. The van der Waals surface area contributed by atoms with Crippen LogP contribution in [0.3, 0.4) is 0 Å². The standard InChI is InChI=1S/C43H27N3/c1-3-13-28(14-4-1)38-27-39(46-43(45-38)31-15-5-2-6-16-31)29-23-25-30(26-24-29)42-41-35-20-10-8-18-33(35)32-17-7-9-19-34(32)40(41)36-21-11-12-22-37(36)44-42/h1-27H. The second-order valence-electron chi connectivity index (χ2n) is 11.6. The Bertz CT molecular complexity index is 2500. The largest absolute Gasteiger partial charge is 0.247 e. The maximum Gasteiger partial charge on any atom is 0.160 e. The van der Waals surface area contributed by atoms with Gasteiger partial charge in [-0.15, -0.1) is 0 Å². The molecule has 0 saturated heterocycles. The van der Waals surface area contributed by atoms with E-state index in [4.69, 9.17) is 15.0 Å². The Labute approximate surface area is 266 Å². The van der Waals surface area contributed by atoms with Gasteiger partial charge in [-0.3, -0.25) is 0 Å². The van der Waals surface area contributed by atoms with E-state index in [1.807, 2.05) is 36.4 Å². The van der Waals surface area contributed by atoms with E-state index in [0.29, 0.717) is 5.82 Å². The molecule has 3 nitrogen and oxygen atoms in total.